The van der Waals surface area contributed by atoms with Crippen LogP contribution < -0.4 is 11.1 Å². The smallest absolute Gasteiger partial charge is 0.101 e. The summed E-state index contributed by atoms with van der Waals surface area (Å²) in [7, 11) is 0. The van der Waals surface area contributed by atoms with Gasteiger partial charge in [-0.15, -0.1) is 0 Å². The minimum absolute atomic E-state index is 0.547. The standard InChI is InChI=1S/C12H13N5/c1-8-10(7-16-17-8)6-15-12-3-2-11(14)4-9(12)5-13/h2-4,7,15H,6,14H2,1H3,(H,16,17). The number of hydrogen-bond donors (Lipinski definition) is 3. The molecule has 0 saturated heterocycles. The first kappa shape index (κ1) is 11.0. The summed E-state index contributed by atoms with van der Waals surface area (Å²) in [6.45, 7) is 2.58. The summed E-state index contributed by atoms with van der Waals surface area (Å²) in [4.78, 5) is 0. The Morgan fingerprint density at radius 1 is 1.53 bits per heavy atom. The van der Waals surface area contributed by atoms with Crippen LogP contribution in [0, 0.1) is 18.3 Å². The number of nitrogens with one attached hydrogen (secondary N) is 2. The maximum atomic E-state index is 8.99. The van der Waals surface area contributed by atoms with Gasteiger partial charge in [-0.05, 0) is 25.1 Å². The summed E-state index contributed by atoms with van der Waals surface area (Å²) >= 11 is 0. The molecule has 0 unspecified atom stereocenters. The molecule has 0 aliphatic heterocycles. The SMILES string of the molecule is Cc1[nH]ncc1CNc1ccc(N)cc1C#N. The highest BCUT2D eigenvalue weighted by molar-refractivity contribution is 5.63. The molecule has 4 N–H and O–H groups in total. The first-order valence-electron chi connectivity index (χ1n) is 5.23. The Morgan fingerprint density at radius 3 is 3.00 bits per heavy atom. The largest absolute Gasteiger partial charge is 0.399 e. The fraction of sp³-hybridized carbons (Fsp3) is 0.167. The van der Waals surface area contributed by atoms with Crippen molar-refractivity contribution in [2.45, 2.75) is 13.5 Å². The molecule has 5 heteroatoms. The van der Waals surface area contributed by atoms with E-state index >= 15 is 0 Å². The predicted octanol–water partition coefficient (Wildman–Crippen LogP) is 1.78. The average molecular weight is 227 g/mol. The molecule has 2 aromatic rings. The van der Waals surface area contributed by atoms with Gasteiger partial charge in [-0.25, -0.2) is 0 Å². The summed E-state index contributed by atoms with van der Waals surface area (Å²) in [5, 5.41) is 19.0. The quantitative estimate of drug-likeness (QED) is 0.697. The number of nitriles is 1. The summed E-state index contributed by atoms with van der Waals surface area (Å²) < 4.78 is 0. The highest BCUT2D eigenvalue weighted by Gasteiger charge is 2.04. The van der Waals surface area contributed by atoms with Crippen molar-refractivity contribution in [3.05, 3.63) is 41.2 Å². The van der Waals surface area contributed by atoms with Gasteiger partial charge in [0.2, 0.25) is 0 Å². The van der Waals surface area contributed by atoms with E-state index in [2.05, 4.69) is 21.6 Å². The van der Waals surface area contributed by atoms with E-state index in [1.54, 1.807) is 18.3 Å². The summed E-state index contributed by atoms with van der Waals surface area (Å²) in [5.74, 6) is 0. The van der Waals surface area contributed by atoms with E-state index in [1.165, 1.54) is 0 Å². The molecule has 86 valence electrons. The summed E-state index contributed by atoms with van der Waals surface area (Å²) in [5.41, 5.74) is 9.64. The number of hydrogen-bond acceptors (Lipinski definition) is 4. The van der Waals surface area contributed by atoms with Crippen molar-refractivity contribution in [3.8, 4) is 6.07 Å². The fourth-order valence-electron chi connectivity index (χ4n) is 1.55. The molecule has 0 aliphatic rings. The van der Waals surface area contributed by atoms with E-state index in [9.17, 15) is 0 Å². The lowest BCUT2D eigenvalue weighted by molar-refractivity contribution is 1.04. The first-order valence-corrected chi connectivity index (χ1v) is 5.23. The van der Waals surface area contributed by atoms with Gasteiger partial charge in [0.1, 0.15) is 6.07 Å². The zero-order chi connectivity index (χ0) is 12.3. The van der Waals surface area contributed by atoms with Gasteiger partial charge < -0.3 is 11.1 Å². The number of nitrogens with zero attached hydrogens (tertiary/aromatic N) is 2. The van der Waals surface area contributed by atoms with E-state index < -0.39 is 0 Å². The molecule has 1 aromatic heterocycles. The van der Waals surface area contributed by atoms with Crippen LogP contribution in [0.4, 0.5) is 11.4 Å². The number of nitrogens with two attached hydrogens (primary N) is 1. The zero-order valence-electron chi connectivity index (χ0n) is 9.49. The van der Waals surface area contributed by atoms with Crippen LogP contribution >= 0.6 is 0 Å². The molecule has 0 atom stereocenters. The molecule has 1 aromatic carbocycles. The first-order chi connectivity index (χ1) is 8.20. The lowest BCUT2D eigenvalue weighted by Crippen LogP contribution is -2.02. The van der Waals surface area contributed by atoms with Crippen LogP contribution in [-0.4, -0.2) is 10.2 Å². The lowest BCUT2D eigenvalue weighted by Gasteiger charge is -2.08. The molecule has 1 heterocycles. The molecule has 2 rings (SSSR count). The molecular formula is C12H13N5. The Kier molecular flexibility index (Phi) is 2.97. The molecule has 0 spiro atoms. The molecule has 0 amide bonds. The second-order valence-corrected chi connectivity index (χ2v) is 3.79. The monoisotopic (exact) mass is 227 g/mol. The molecule has 0 fully saturated rings. The van der Waals surface area contributed by atoms with Gasteiger partial charge >= 0.3 is 0 Å². The van der Waals surface area contributed by atoms with Crippen molar-refractivity contribution in [2.75, 3.05) is 11.1 Å². The maximum absolute atomic E-state index is 8.99. The highest BCUT2D eigenvalue weighted by Crippen LogP contribution is 2.19. The number of benzene rings is 1. The van der Waals surface area contributed by atoms with Crippen LogP contribution in [0.25, 0.3) is 0 Å². The van der Waals surface area contributed by atoms with E-state index in [0.717, 1.165) is 16.9 Å². The summed E-state index contributed by atoms with van der Waals surface area (Å²) in [6.07, 6.45) is 1.77. The van der Waals surface area contributed by atoms with E-state index in [0.29, 0.717) is 17.8 Å². The van der Waals surface area contributed by atoms with Crippen LogP contribution in [0.3, 0.4) is 0 Å². The Balaban J connectivity index is 2.15. The van der Waals surface area contributed by atoms with Crippen molar-refractivity contribution in [3.63, 3.8) is 0 Å². The third-order valence-electron chi connectivity index (χ3n) is 2.57. The Morgan fingerprint density at radius 2 is 2.35 bits per heavy atom. The van der Waals surface area contributed by atoms with E-state index in [1.807, 2.05) is 13.0 Å². The topological polar surface area (TPSA) is 90.5 Å². The molecule has 0 aliphatic carbocycles. The lowest BCUT2D eigenvalue weighted by atomic mass is 10.1. The van der Waals surface area contributed by atoms with Gasteiger partial charge in [-0.3, -0.25) is 5.10 Å². The van der Waals surface area contributed by atoms with Crippen LogP contribution in [0.15, 0.2) is 24.4 Å². The number of rotatable bonds is 3. The summed E-state index contributed by atoms with van der Waals surface area (Å²) in [6, 6.07) is 7.35. The molecule has 0 bridgehead atoms. The van der Waals surface area contributed by atoms with Gasteiger partial charge in [-0.1, -0.05) is 0 Å². The maximum Gasteiger partial charge on any atom is 0.101 e. The molecule has 5 nitrogen and oxygen atoms in total. The van der Waals surface area contributed by atoms with Gasteiger partial charge in [-0.2, -0.15) is 10.4 Å². The second-order valence-electron chi connectivity index (χ2n) is 3.79. The van der Waals surface area contributed by atoms with Crippen LogP contribution in [0.2, 0.25) is 0 Å². The molecule has 0 saturated carbocycles. The van der Waals surface area contributed by atoms with E-state index in [4.69, 9.17) is 11.0 Å². The number of aryl methyl sites for hydroxylation is 1. The third-order valence-corrected chi connectivity index (χ3v) is 2.57. The van der Waals surface area contributed by atoms with Gasteiger partial charge in [0, 0.05) is 23.5 Å². The highest BCUT2D eigenvalue weighted by atomic mass is 15.1. The van der Waals surface area contributed by atoms with Crippen LogP contribution in [0.5, 0.6) is 0 Å². The van der Waals surface area contributed by atoms with E-state index in [-0.39, 0.29) is 0 Å². The van der Waals surface area contributed by atoms with Crippen molar-refractivity contribution >= 4 is 11.4 Å². The predicted molar refractivity (Wildman–Crippen MR) is 66.2 cm³/mol. The van der Waals surface area contributed by atoms with Crippen molar-refractivity contribution < 1.29 is 0 Å². The minimum atomic E-state index is 0.547. The number of H-pyrrole nitrogens is 1. The van der Waals surface area contributed by atoms with Crippen LogP contribution in [-0.2, 0) is 6.54 Å². The minimum Gasteiger partial charge on any atom is -0.399 e. The van der Waals surface area contributed by atoms with Gasteiger partial charge in [0.15, 0.2) is 0 Å². The van der Waals surface area contributed by atoms with Crippen molar-refractivity contribution in [1.82, 2.24) is 10.2 Å². The van der Waals surface area contributed by atoms with Crippen molar-refractivity contribution in [1.29, 1.82) is 5.26 Å². The third kappa shape index (κ3) is 2.37. The van der Waals surface area contributed by atoms with Crippen molar-refractivity contribution in [2.24, 2.45) is 0 Å². The molecular weight excluding hydrogens is 214 g/mol. The normalized spacial score (nSPS) is 9.88. The zero-order valence-corrected chi connectivity index (χ0v) is 9.49. The van der Waals surface area contributed by atoms with Crippen LogP contribution in [0.1, 0.15) is 16.8 Å². The van der Waals surface area contributed by atoms with Gasteiger partial charge in [0.25, 0.3) is 0 Å². The van der Waals surface area contributed by atoms with Gasteiger partial charge in [0.05, 0.1) is 17.4 Å². The number of aromatic nitrogens is 2. The number of aromatic amines is 1. The Labute approximate surface area is 99.3 Å². The number of nitrogen functional groups attached to an aromatic ring is 1. The number of anilines is 2. The Bertz CT molecular complexity index is 565. The average Bonchev–Trinajstić information content (AvgIpc) is 2.73. The Hall–Kier alpha value is -2.48. The molecule has 0 radical (unpaired) electrons. The molecule has 17 heavy (non-hydrogen) atoms. The fourth-order valence-corrected chi connectivity index (χ4v) is 1.55. The second kappa shape index (κ2) is 4.58.